The summed E-state index contributed by atoms with van der Waals surface area (Å²) in [5, 5.41) is 3.05. The zero-order valence-corrected chi connectivity index (χ0v) is 15.2. The highest BCUT2D eigenvalue weighted by Gasteiger charge is 2.20. The molecule has 2 heterocycles. The summed E-state index contributed by atoms with van der Waals surface area (Å²) in [6.07, 6.45) is 5.23. The summed E-state index contributed by atoms with van der Waals surface area (Å²) in [5.74, 6) is -0.0650. The van der Waals surface area contributed by atoms with Crippen molar-refractivity contribution in [1.29, 1.82) is 0 Å². The van der Waals surface area contributed by atoms with Crippen LogP contribution in [0.25, 0.3) is 16.9 Å². The molecule has 130 valence electrons. The highest BCUT2D eigenvalue weighted by molar-refractivity contribution is 5.99. The maximum atomic E-state index is 12.9. The van der Waals surface area contributed by atoms with Crippen LogP contribution in [0.15, 0.2) is 42.6 Å². The van der Waals surface area contributed by atoms with Crippen LogP contribution in [0.1, 0.15) is 47.8 Å². The van der Waals surface area contributed by atoms with Crippen LogP contribution in [0.5, 0.6) is 0 Å². The molecular formula is C21H25N3O. The minimum atomic E-state index is -0.0650. The largest absolute Gasteiger partial charge is 0.351 e. The maximum Gasteiger partial charge on any atom is 0.270 e. The monoisotopic (exact) mass is 335 g/mol. The molecule has 0 radical (unpaired) electrons. The van der Waals surface area contributed by atoms with Gasteiger partial charge in [-0.2, -0.15) is 0 Å². The molecule has 25 heavy (non-hydrogen) atoms. The first-order chi connectivity index (χ1) is 12.1. The van der Waals surface area contributed by atoms with Gasteiger partial charge in [-0.15, -0.1) is 0 Å². The number of fused-ring (bicyclic) bond motifs is 1. The Kier molecular flexibility index (Phi) is 5.17. The molecule has 2 aromatic heterocycles. The molecule has 0 aliphatic heterocycles. The molecule has 0 spiro atoms. The van der Waals surface area contributed by atoms with Crippen molar-refractivity contribution >= 4 is 11.6 Å². The third kappa shape index (κ3) is 3.73. The molecular weight excluding hydrogens is 310 g/mol. The predicted octanol–water partition coefficient (Wildman–Crippen LogP) is 4.54. The Balaban J connectivity index is 2.03. The van der Waals surface area contributed by atoms with Crippen LogP contribution in [-0.2, 0) is 0 Å². The van der Waals surface area contributed by atoms with Gasteiger partial charge in [-0.05, 0) is 31.9 Å². The van der Waals surface area contributed by atoms with Crippen molar-refractivity contribution in [3.05, 3.63) is 59.4 Å². The number of carbonyl (C=O) groups excluding carboxylic acids is 1. The van der Waals surface area contributed by atoms with Gasteiger partial charge in [-0.1, -0.05) is 55.7 Å². The number of hydrogen-bond donors (Lipinski definition) is 1. The van der Waals surface area contributed by atoms with E-state index in [0.29, 0.717) is 12.2 Å². The molecule has 3 rings (SSSR count). The van der Waals surface area contributed by atoms with Gasteiger partial charge in [-0.25, -0.2) is 4.98 Å². The zero-order chi connectivity index (χ0) is 17.8. The summed E-state index contributed by atoms with van der Waals surface area (Å²) in [5.41, 5.74) is 5.39. The number of aryl methyl sites for hydroxylation is 2. The Morgan fingerprint density at radius 2 is 1.76 bits per heavy atom. The third-order valence-corrected chi connectivity index (χ3v) is 4.37. The molecule has 4 nitrogen and oxygen atoms in total. The number of imidazole rings is 1. The van der Waals surface area contributed by atoms with E-state index in [0.717, 1.165) is 41.7 Å². The normalized spacial score (nSPS) is 11.0. The van der Waals surface area contributed by atoms with Crippen LogP contribution < -0.4 is 5.32 Å². The molecule has 0 unspecified atom stereocenters. The number of amides is 1. The highest BCUT2D eigenvalue weighted by atomic mass is 16.1. The van der Waals surface area contributed by atoms with E-state index in [1.165, 1.54) is 5.56 Å². The molecule has 0 saturated heterocycles. The van der Waals surface area contributed by atoms with Crippen molar-refractivity contribution in [3.63, 3.8) is 0 Å². The summed E-state index contributed by atoms with van der Waals surface area (Å²) < 4.78 is 1.90. The Hall–Kier alpha value is -2.62. The molecule has 3 aromatic rings. The number of rotatable bonds is 6. The maximum absolute atomic E-state index is 12.9. The average molecular weight is 335 g/mol. The molecule has 1 aromatic carbocycles. The highest BCUT2D eigenvalue weighted by Crippen LogP contribution is 2.25. The third-order valence-electron chi connectivity index (χ3n) is 4.37. The Labute approximate surface area is 148 Å². The lowest BCUT2D eigenvalue weighted by atomic mass is 10.1. The minimum absolute atomic E-state index is 0.0650. The predicted molar refractivity (Wildman–Crippen MR) is 102 cm³/mol. The lowest BCUT2D eigenvalue weighted by molar-refractivity contribution is 0.0948. The Morgan fingerprint density at radius 3 is 2.48 bits per heavy atom. The fourth-order valence-electron chi connectivity index (χ4n) is 2.94. The molecule has 0 atom stereocenters. The van der Waals surface area contributed by atoms with Gasteiger partial charge in [0.05, 0.1) is 0 Å². The lowest BCUT2D eigenvalue weighted by Gasteiger charge is -2.08. The van der Waals surface area contributed by atoms with E-state index in [1.54, 1.807) is 0 Å². The first-order valence-corrected chi connectivity index (χ1v) is 8.94. The van der Waals surface area contributed by atoms with Crippen LogP contribution in [0.4, 0.5) is 0 Å². The molecule has 1 N–H and O–H groups in total. The topological polar surface area (TPSA) is 46.4 Å². The first kappa shape index (κ1) is 17.2. The van der Waals surface area contributed by atoms with E-state index in [-0.39, 0.29) is 5.91 Å². The van der Waals surface area contributed by atoms with E-state index in [1.807, 2.05) is 53.9 Å². The van der Waals surface area contributed by atoms with Crippen LogP contribution in [0, 0.1) is 13.8 Å². The fraction of sp³-hybridized carbons (Fsp3) is 0.333. The second-order valence-corrected chi connectivity index (χ2v) is 6.57. The lowest BCUT2D eigenvalue weighted by Crippen LogP contribution is -2.26. The number of unbranched alkanes of at least 4 members (excludes halogenated alkanes) is 2. The number of aromatic nitrogens is 2. The summed E-state index contributed by atoms with van der Waals surface area (Å²) in [4.78, 5) is 17.6. The van der Waals surface area contributed by atoms with Gasteiger partial charge in [0.25, 0.3) is 5.91 Å². The number of nitrogens with zero attached hydrogens (tertiary/aromatic N) is 2. The number of benzene rings is 1. The smallest absolute Gasteiger partial charge is 0.270 e. The van der Waals surface area contributed by atoms with Gasteiger partial charge in [0.2, 0.25) is 0 Å². The molecule has 0 fully saturated rings. The summed E-state index contributed by atoms with van der Waals surface area (Å²) in [6, 6.07) is 12.1. The van der Waals surface area contributed by atoms with Crippen LogP contribution in [0.3, 0.4) is 0 Å². The van der Waals surface area contributed by atoms with Gasteiger partial charge in [0.15, 0.2) is 0 Å². The van der Waals surface area contributed by atoms with Crippen molar-refractivity contribution < 1.29 is 4.79 Å². The molecule has 4 heteroatoms. The van der Waals surface area contributed by atoms with Crippen LogP contribution in [0.2, 0.25) is 0 Å². The van der Waals surface area contributed by atoms with Crippen molar-refractivity contribution in [2.45, 2.75) is 40.0 Å². The molecule has 0 bridgehead atoms. The summed E-state index contributed by atoms with van der Waals surface area (Å²) in [6.45, 7) is 6.93. The summed E-state index contributed by atoms with van der Waals surface area (Å²) >= 11 is 0. The SMILES string of the molecule is CCCCCNC(=O)c1c(-c2ccc(C)cc2)nc2ccc(C)cn12. The number of carbonyl (C=O) groups is 1. The summed E-state index contributed by atoms with van der Waals surface area (Å²) in [7, 11) is 0. The van der Waals surface area contributed by atoms with E-state index in [2.05, 4.69) is 19.2 Å². The quantitative estimate of drug-likeness (QED) is 0.672. The fourth-order valence-corrected chi connectivity index (χ4v) is 2.94. The Morgan fingerprint density at radius 1 is 1.04 bits per heavy atom. The van der Waals surface area contributed by atoms with Gasteiger partial charge >= 0.3 is 0 Å². The van der Waals surface area contributed by atoms with Crippen molar-refractivity contribution in [3.8, 4) is 11.3 Å². The average Bonchev–Trinajstić information content (AvgIpc) is 2.97. The first-order valence-electron chi connectivity index (χ1n) is 8.94. The van der Waals surface area contributed by atoms with Crippen LogP contribution in [-0.4, -0.2) is 21.8 Å². The molecule has 0 aliphatic carbocycles. The van der Waals surface area contributed by atoms with Gasteiger partial charge in [-0.3, -0.25) is 9.20 Å². The number of hydrogen-bond acceptors (Lipinski definition) is 2. The standard InChI is InChI=1S/C21H25N3O/c1-4-5-6-13-22-21(25)20-19(17-10-7-15(2)8-11-17)23-18-12-9-16(3)14-24(18)20/h7-12,14H,4-6,13H2,1-3H3,(H,22,25). The second-order valence-electron chi connectivity index (χ2n) is 6.57. The van der Waals surface area contributed by atoms with Crippen molar-refractivity contribution in [2.75, 3.05) is 6.54 Å². The van der Waals surface area contributed by atoms with Crippen molar-refractivity contribution in [1.82, 2.24) is 14.7 Å². The van der Waals surface area contributed by atoms with Gasteiger partial charge in [0, 0.05) is 18.3 Å². The molecule has 0 saturated carbocycles. The zero-order valence-electron chi connectivity index (χ0n) is 15.2. The number of pyridine rings is 1. The van der Waals surface area contributed by atoms with E-state index >= 15 is 0 Å². The van der Waals surface area contributed by atoms with Gasteiger partial charge in [0.1, 0.15) is 17.0 Å². The van der Waals surface area contributed by atoms with E-state index < -0.39 is 0 Å². The molecule has 0 aliphatic rings. The number of nitrogens with one attached hydrogen (secondary N) is 1. The van der Waals surface area contributed by atoms with E-state index in [9.17, 15) is 4.79 Å². The second kappa shape index (κ2) is 7.51. The minimum Gasteiger partial charge on any atom is -0.351 e. The van der Waals surface area contributed by atoms with Crippen LogP contribution >= 0.6 is 0 Å². The van der Waals surface area contributed by atoms with Crippen molar-refractivity contribution in [2.24, 2.45) is 0 Å². The molecule has 1 amide bonds. The Bertz CT molecular complexity index is 878. The van der Waals surface area contributed by atoms with E-state index in [4.69, 9.17) is 4.98 Å². The van der Waals surface area contributed by atoms with Gasteiger partial charge < -0.3 is 5.32 Å².